The van der Waals surface area contributed by atoms with E-state index in [1.165, 1.54) is 0 Å². The molecule has 0 spiro atoms. The summed E-state index contributed by atoms with van der Waals surface area (Å²) in [6.45, 7) is 5.36. The topological polar surface area (TPSA) is 61.4 Å². The number of carbonyl (C=O) groups excluding carboxylic acids is 2. The van der Waals surface area contributed by atoms with Crippen molar-refractivity contribution in [3.63, 3.8) is 0 Å². The minimum Gasteiger partial charge on any atom is -0.344 e. The number of nitrogens with zero attached hydrogens (tertiary/aromatic N) is 1. The van der Waals surface area contributed by atoms with E-state index in [0.29, 0.717) is 13.0 Å². The third-order valence-corrected chi connectivity index (χ3v) is 2.80. The van der Waals surface area contributed by atoms with Crippen LogP contribution in [0.15, 0.2) is 0 Å². The van der Waals surface area contributed by atoms with Crippen LogP contribution in [-0.2, 0) is 9.59 Å². The van der Waals surface area contributed by atoms with Gasteiger partial charge in [-0.3, -0.25) is 9.59 Å². The monoisotopic (exact) mass is 227 g/mol. The van der Waals surface area contributed by atoms with Crippen LogP contribution in [0.2, 0.25) is 0 Å². The Balaban J connectivity index is 2.39. The zero-order valence-electron chi connectivity index (χ0n) is 10.2. The van der Waals surface area contributed by atoms with Crippen molar-refractivity contribution in [2.24, 2.45) is 0 Å². The van der Waals surface area contributed by atoms with Crippen molar-refractivity contribution >= 4 is 11.8 Å². The molecule has 1 unspecified atom stereocenters. The molecule has 0 bridgehead atoms. The lowest BCUT2D eigenvalue weighted by Crippen LogP contribution is -2.43. The summed E-state index contributed by atoms with van der Waals surface area (Å²) < 4.78 is 0. The SMILES string of the molecule is CNCCC(=O)NC1CCN(C(C)C)C1=O. The molecule has 1 heterocycles. The first kappa shape index (κ1) is 13.0. The first-order valence-electron chi connectivity index (χ1n) is 5.80. The smallest absolute Gasteiger partial charge is 0.245 e. The van der Waals surface area contributed by atoms with Gasteiger partial charge in [0.05, 0.1) is 0 Å². The van der Waals surface area contributed by atoms with Gasteiger partial charge < -0.3 is 15.5 Å². The summed E-state index contributed by atoms with van der Waals surface area (Å²) in [7, 11) is 1.80. The van der Waals surface area contributed by atoms with Crippen molar-refractivity contribution in [1.82, 2.24) is 15.5 Å². The fourth-order valence-electron chi connectivity index (χ4n) is 1.85. The molecule has 1 saturated heterocycles. The Bertz CT molecular complexity index is 266. The summed E-state index contributed by atoms with van der Waals surface area (Å²) in [4.78, 5) is 25.1. The van der Waals surface area contributed by atoms with Gasteiger partial charge >= 0.3 is 0 Å². The molecule has 0 aromatic rings. The van der Waals surface area contributed by atoms with Gasteiger partial charge in [0, 0.05) is 25.6 Å². The van der Waals surface area contributed by atoms with Gasteiger partial charge in [0.1, 0.15) is 6.04 Å². The van der Waals surface area contributed by atoms with Crippen molar-refractivity contribution < 1.29 is 9.59 Å². The molecule has 0 saturated carbocycles. The maximum atomic E-state index is 11.9. The number of rotatable bonds is 5. The van der Waals surface area contributed by atoms with E-state index < -0.39 is 0 Å². The Morgan fingerprint density at radius 2 is 2.25 bits per heavy atom. The second-order valence-corrected chi connectivity index (χ2v) is 4.39. The molecular weight excluding hydrogens is 206 g/mol. The zero-order chi connectivity index (χ0) is 12.1. The molecule has 5 nitrogen and oxygen atoms in total. The fourth-order valence-corrected chi connectivity index (χ4v) is 1.85. The fraction of sp³-hybridized carbons (Fsp3) is 0.818. The average Bonchev–Trinajstić information content (AvgIpc) is 2.57. The minimum absolute atomic E-state index is 0.0489. The first-order chi connectivity index (χ1) is 7.56. The minimum atomic E-state index is -0.313. The summed E-state index contributed by atoms with van der Waals surface area (Å²) in [6.07, 6.45) is 1.14. The van der Waals surface area contributed by atoms with E-state index in [9.17, 15) is 9.59 Å². The van der Waals surface area contributed by atoms with Gasteiger partial charge in [-0.1, -0.05) is 0 Å². The summed E-state index contributed by atoms with van der Waals surface area (Å²) in [6, 6.07) is -0.0986. The van der Waals surface area contributed by atoms with Crippen LogP contribution in [0.5, 0.6) is 0 Å². The van der Waals surface area contributed by atoms with E-state index in [4.69, 9.17) is 0 Å². The molecule has 1 atom stereocenters. The van der Waals surface area contributed by atoms with Gasteiger partial charge in [0.2, 0.25) is 11.8 Å². The Kier molecular flexibility index (Phi) is 4.73. The summed E-state index contributed by atoms with van der Waals surface area (Å²) >= 11 is 0. The Morgan fingerprint density at radius 1 is 1.56 bits per heavy atom. The lowest BCUT2D eigenvalue weighted by Gasteiger charge is -2.21. The molecule has 1 aliphatic rings. The quantitative estimate of drug-likeness (QED) is 0.679. The normalized spacial score (nSPS) is 20.6. The van der Waals surface area contributed by atoms with Gasteiger partial charge in [0.25, 0.3) is 0 Å². The van der Waals surface area contributed by atoms with Crippen LogP contribution in [0, 0.1) is 0 Å². The summed E-state index contributed by atoms with van der Waals surface area (Å²) in [5.41, 5.74) is 0. The number of hydrogen-bond acceptors (Lipinski definition) is 3. The van der Waals surface area contributed by atoms with Crippen molar-refractivity contribution in [3.05, 3.63) is 0 Å². The molecule has 0 radical (unpaired) electrons. The molecule has 16 heavy (non-hydrogen) atoms. The Morgan fingerprint density at radius 3 is 2.75 bits per heavy atom. The largest absolute Gasteiger partial charge is 0.344 e. The summed E-state index contributed by atoms with van der Waals surface area (Å²) in [5.74, 6) is -0.00823. The zero-order valence-corrected chi connectivity index (χ0v) is 10.2. The second kappa shape index (κ2) is 5.84. The highest BCUT2D eigenvalue weighted by Crippen LogP contribution is 2.14. The van der Waals surface area contributed by atoms with Crippen LogP contribution in [0.1, 0.15) is 26.7 Å². The second-order valence-electron chi connectivity index (χ2n) is 4.39. The van der Waals surface area contributed by atoms with Gasteiger partial charge in [-0.2, -0.15) is 0 Å². The molecule has 2 N–H and O–H groups in total. The molecule has 92 valence electrons. The van der Waals surface area contributed by atoms with Crippen molar-refractivity contribution in [1.29, 1.82) is 0 Å². The predicted molar refractivity (Wildman–Crippen MR) is 61.9 cm³/mol. The molecule has 1 aliphatic heterocycles. The van der Waals surface area contributed by atoms with Crippen LogP contribution >= 0.6 is 0 Å². The van der Waals surface area contributed by atoms with E-state index in [1.807, 2.05) is 18.7 Å². The van der Waals surface area contributed by atoms with E-state index >= 15 is 0 Å². The third kappa shape index (κ3) is 3.20. The number of hydrogen-bond donors (Lipinski definition) is 2. The lowest BCUT2D eigenvalue weighted by atomic mass is 10.2. The summed E-state index contributed by atoms with van der Waals surface area (Å²) in [5, 5.41) is 5.68. The number of nitrogens with one attached hydrogen (secondary N) is 2. The maximum absolute atomic E-state index is 11.9. The van der Waals surface area contributed by atoms with E-state index in [2.05, 4.69) is 10.6 Å². The Hall–Kier alpha value is -1.10. The highest BCUT2D eigenvalue weighted by Gasteiger charge is 2.33. The molecule has 0 aromatic heterocycles. The van der Waals surface area contributed by atoms with Crippen LogP contribution in [0.4, 0.5) is 0 Å². The number of amides is 2. The highest BCUT2D eigenvalue weighted by atomic mass is 16.2. The average molecular weight is 227 g/mol. The van der Waals surface area contributed by atoms with Gasteiger partial charge in [-0.25, -0.2) is 0 Å². The van der Waals surface area contributed by atoms with Crippen LogP contribution in [0.3, 0.4) is 0 Å². The van der Waals surface area contributed by atoms with Crippen molar-refractivity contribution in [2.45, 2.75) is 38.8 Å². The standard InChI is InChI=1S/C11H21N3O2/c1-8(2)14-7-5-9(11(14)16)13-10(15)4-6-12-3/h8-9,12H,4-7H2,1-3H3,(H,13,15). The van der Waals surface area contributed by atoms with Gasteiger partial charge in [0.15, 0.2) is 0 Å². The molecule has 1 rings (SSSR count). The van der Waals surface area contributed by atoms with Crippen LogP contribution in [0.25, 0.3) is 0 Å². The first-order valence-corrected chi connectivity index (χ1v) is 5.80. The van der Waals surface area contributed by atoms with Crippen LogP contribution in [-0.4, -0.2) is 48.9 Å². The van der Waals surface area contributed by atoms with Crippen molar-refractivity contribution in [2.75, 3.05) is 20.1 Å². The van der Waals surface area contributed by atoms with E-state index in [1.54, 1.807) is 7.05 Å². The Labute approximate surface area is 96.6 Å². The van der Waals surface area contributed by atoms with Crippen molar-refractivity contribution in [3.8, 4) is 0 Å². The third-order valence-electron chi connectivity index (χ3n) is 2.80. The van der Waals surface area contributed by atoms with Crippen LogP contribution < -0.4 is 10.6 Å². The molecule has 2 amide bonds. The van der Waals surface area contributed by atoms with E-state index in [0.717, 1.165) is 13.0 Å². The highest BCUT2D eigenvalue weighted by molar-refractivity contribution is 5.89. The molecule has 1 fully saturated rings. The lowest BCUT2D eigenvalue weighted by molar-refractivity contribution is -0.133. The molecule has 0 aliphatic carbocycles. The maximum Gasteiger partial charge on any atom is 0.245 e. The van der Waals surface area contributed by atoms with Gasteiger partial charge in [-0.05, 0) is 27.3 Å². The molecular formula is C11H21N3O2. The van der Waals surface area contributed by atoms with E-state index in [-0.39, 0.29) is 23.9 Å². The molecule has 5 heteroatoms. The molecule has 0 aromatic carbocycles. The number of carbonyl (C=O) groups is 2. The van der Waals surface area contributed by atoms with Gasteiger partial charge in [-0.15, -0.1) is 0 Å². The predicted octanol–water partition coefficient (Wildman–Crippen LogP) is -0.279. The number of likely N-dealkylation sites (tertiary alicyclic amines) is 1.